The summed E-state index contributed by atoms with van der Waals surface area (Å²) in [4.78, 5) is 6.34. The highest BCUT2D eigenvalue weighted by Crippen LogP contribution is 2.13. The van der Waals surface area contributed by atoms with Gasteiger partial charge < -0.3 is 19.4 Å². The average Bonchev–Trinajstić information content (AvgIpc) is 2.93. The molecule has 7 nitrogen and oxygen atoms in total. The van der Waals surface area contributed by atoms with E-state index in [9.17, 15) is 0 Å². The summed E-state index contributed by atoms with van der Waals surface area (Å²) in [7, 11) is 3.57. The second-order valence-electron chi connectivity index (χ2n) is 4.77. The fourth-order valence-corrected chi connectivity index (χ4v) is 1.84. The summed E-state index contributed by atoms with van der Waals surface area (Å²) < 4.78 is 10.6. The Hall–Kier alpha value is -1.99. The van der Waals surface area contributed by atoms with E-state index in [-0.39, 0.29) is 0 Å². The lowest BCUT2D eigenvalue weighted by molar-refractivity contribution is 0.198. The third-order valence-corrected chi connectivity index (χ3v) is 2.89. The van der Waals surface area contributed by atoms with Gasteiger partial charge in [0.1, 0.15) is 0 Å². The number of ether oxygens (including phenoxy) is 1. The normalized spacial score (nSPS) is 10.8. The van der Waals surface area contributed by atoms with Crippen LogP contribution in [0, 0.1) is 6.92 Å². The largest absolute Gasteiger partial charge is 0.407 e. The lowest BCUT2D eigenvalue weighted by atomic mass is 10.3. The van der Waals surface area contributed by atoms with Gasteiger partial charge in [-0.2, -0.15) is 0 Å². The van der Waals surface area contributed by atoms with E-state index in [2.05, 4.69) is 20.5 Å². The predicted octanol–water partition coefficient (Wildman–Crippen LogP) is 1.15. The molecule has 0 aliphatic heterocycles. The van der Waals surface area contributed by atoms with E-state index in [0.29, 0.717) is 31.6 Å². The first kappa shape index (κ1) is 15.4. The maximum absolute atomic E-state index is 5.60. The zero-order valence-electron chi connectivity index (χ0n) is 12.7. The second-order valence-corrected chi connectivity index (χ2v) is 4.77. The molecule has 2 aromatic rings. The molecule has 0 bridgehead atoms. The highest BCUT2D eigenvalue weighted by Gasteiger charge is 2.11. The van der Waals surface area contributed by atoms with E-state index in [0.717, 1.165) is 17.9 Å². The Morgan fingerprint density at radius 3 is 2.95 bits per heavy atom. The SMILES string of the molecule is COCCNCc1nnc(N(C)Cc2cccc(C)n2)o1. The van der Waals surface area contributed by atoms with E-state index in [1.807, 2.05) is 37.1 Å². The summed E-state index contributed by atoms with van der Waals surface area (Å²) in [6.07, 6.45) is 0. The quantitative estimate of drug-likeness (QED) is 0.731. The van der Waals surface area contributed by atoms with E-state index in [1.54, 1.807) is 7.11 Å². The first-order chi connectivity index (χ1) is 10.2. The standard InChI is InChI=1S/C14H21N5O2/c1-11-5-4-6-12(16-11)10-19(2)14-18-17-13(21-14)9-15-7-8-20-3/h4-6,15H,7-10H2,1-3H3. The van der Waals surface area contributed by atoms with E-state index < -0.39 is 0 Å². The van der Waals surface area contributed by atoms with Crippen LogP contribution in [0.5, 0.6) is 0 Å². The van der Waals surface area contributed by atoms with Crippen molar-refractivity contribution in [1.29, 1.82) is 0 Å². The number of aryl methyl sites for hydroxylation is 1. The van der Waals surface area contributed by atoms with Gasteiger partial charge >= 0.3 is 6.01 Å². The molecule has 1 N–H and O–H groups in total. The van der Waals surface area contributed by atoms with Crippen molar-refractivity contribution in [3.05, 3.63) is 35.5 Å². The second kappa shape index (κ2) is 7.70. The lowest BCUT2D eigenvalue weighted by Crippen LogP contribution is -2.19. The van der Waals surface area contributed by atoms with Crippen LogP contribution in [-0.4, -0.2) is 42.5 Å². The van der Waals surface area contributed by atoms with Crippen molar-refractivity contribution in [3.8, 4) is 0 Å². The molecule has 0 unspecified atom stereocenters. The molecule has 0 aliphatic rings. The zero-order chi connectivity index (χ0) is 15.1. The molecule has 114 valence electrons. The smallest absolute Gasteiger partial charge is 0.318 e. The molecule has 2 aromatic heterocycles. The van der Waals surface area contributed by atoms with Crippen molar-refractivity contribution >= 4 is 6.01 Å². The Balaban J connectivity index is 1.88. The molecule has 0 amide bonds. The predicted molar refractivity (Wildman–Crippen MR) is 79.0 cm³/mol. The number of hydrogen-bond acceptors (Lipinski definition) is 7. The van der Waals surface area contributed by atoms with Gasteiger partial charge in [-0.15, -0.1) is 5.10 Å². The maximum atomic E-state index is 5.60. The fourth-order valence-electron chi connectivity index (χ4n) is 1.84. The molecule has 0 spiro atoms. The Kier molecular flexibility index (Phi) is 5.65. The maximum Gasteiger partial charge on any atom is 0.318 e. The van der Waals surface area contributed by atoms with Gasteiger partial charge in [-0.3, -0.25) is 4.98 Å². The highest BCUT2D eigenvalue weighted by molar-refractivity contribution is 5.24. The number of methoxy groups -OCH3 is 1. The van der Waals surface area contributed by atoms with Crippen LogP contribution < -0.4 is 10.2 Å². The Morgan fingerprint density at radius 2 is 2.19 bits per heavy atom. The molecule has 0 radical (unpaired) electrons. The first-order valence-electron chi connectivity index (χ1n) is 6.84. The summed E-state index contributed by atoms with van der Waals surface area (Å²) in [6.45, 7) is 4.53. The van der Waals surface area contributed by atoms with Gasteiger partial charge in [-0.1, -0.05) is 11.2 Å². The van der Waals surface area contributed by atoms with Gasteiger partial charge in [0.25, 0.3) is 0 Å². The molecular weight excluding hydrogens is 270 g/mol. The van der Waals surface area contributed by atoms with Crippen molar-refractivity contribution in [2.75, 3.05) is 32.2 Å². The fraction of sp³-hybridized carbons (Fsp3) is 0.500. The Bertz CT molecular complexity index is 558. The third-order valence-electron chi connectivity index (χ3n) is 2.89. The van der Waals surface area contributed by atoms with Crippen molar-refractivity contribution in [2.45, 2.75) is 20.0 Å². The Labute approximate surface area is 124 Å². The number of hydrogen-bond donors (Lipinski definition) is 1. The van der Waals surface area contributed by atoms with Crippen LogP contribution in [0.3, 0.4) is 0 Å². The van der Waals surface area contributed by atoms with Gasteiger partial charge in [0, 0.05) is 26.4 Å². The molecular formula is C14H21N5O2. The van der Waals surface area contributed by atoms with Crippen LogP contribution in [0.2, 0.25) is 0 Å². The minimum Gasteiger partial charge on any atom is -0.407 e. The number of nitrogens with one attached hydrogen (secondary N) is 1. The molecule has 2 rings (SSSR count). The van der Waals surface area contributed by atoms with Crippen molar-refractivity contribution in [1.82, 2.24) is 20.5 Å². The topological polar surface area (TPSA) is 76.3 Å². The van der Waals surface area contributed by atoms with Crippen LogP contribution in [0.15, 0.2) is 22.6 Å². The van der Waals surface area contributed by atoms with Gasteiger partial charge in [0.05, 0.1) is 25.4 Å². The van der Waals surface area contributed by atoms with E-state index in [1.165, 1.54) is 0 Å². The lowest BCUT2D eigenvalue weighted by Gasteiger charge is -2.13. The average molecular weight is 291 g/mol. The molecule has 0 saturated carbocycles. The molecule has 0 fully saturated rings. The van der Waals surface area contributed by atoms with Gasteiger partial charge in [-0.25, -0.2) is 0 Å². The number of aromatic nitrogens is 3. The molecule has 0 aromatic carbocycles. The van der Waals surface area contributed by atoms with Crippen LogP contribution in [0.25, 0.3) is 0 Å². The Morgan fingerprint density at radius 1 is 1.33 bits per heavy atom. The minimum atomic E-state index is 0.488. The summed E-state index contributed by atoms with van der Waals surface area (Å²) in [5.41, 5.74) is 1.96. The molecule has 0 aliphatic carbocycles. The highest BCUT2D eigenvalue weighted by atomic mass is 16.5. The first-order valence-corrected chi connectivity index (χ1v) is 6.84. The van der Waals surface area contributed by atoms with Crippen LogP contribution in [0.4, 0.5) is 6.01 Å². The summed E-state index contributed by atoms with van der Waals surface area (Å²) >= 11 is 0. The van der Waals surface area contributed by atoms with Crippen molar-refractivity contribution < 1.29 is 9.15 Å². The molecule has 21 heavy (non-hydrogen) atoms. The van der Waals surface area contributed by atoms with Gasteiger partial charge in [0.2, 0.25) is 5.89 Å². The zero-order valence-corrected chi connectivity index (χ0v) is 12.7. The van der Waals surface area contributed by atoms with Crippen molar-refractivity contribution in [2.24, 2.45) is 0 Å². The number of rotatable bonds is 8. The van der Waals surface area contributed by atoms with E-state index >= 15 is 0 Å². The number of pyridine rings is 1. The summed E-state index contributed by atoms with van der Waals surface area (Å²) in [6, 6.07) is 6.43. The summed E-state index contributed by atoms with van der Waals surface area (Å²) in [5.74, 6) is 0.560. The number of anilines is 1. The minimum absolute atomic E-state index is 0.488. The van der Waals surface area contributed by atoms with Gasteiger partial charge in [-0.05, 0) is 19.1 Å². The molecule has 2 heterocycles. The molecule has 0 atom stereocenters. The molecule has 7 heteroatoms. The number of nitrogens with zero attached hydrogens (tertiary/aromatic N) is 4. The summed E-state index contributed by atoms with van der Waals surface area (Å²) in [5, 5.41) is 11.2. The third kappa shape index (κ3) is 4.80. The van der Waals surface area contributed by atoms with Crippen LogP contribution >= 0.6 is 0 Å². The van der Waals surface area contributed by atoms with Crippen LogP contribution in [-0.2, 0) is 17.8 Å². The van der Waals surface area contributed by atoms with Gasteiger partial charge in [0.15, 0.2) is 0 Å². The van der Waals surface area contributed by atoms with Crippen molar-refractivity contribution in [3.63, 3.8) is 0 Å². The van der Waals surface area contributed by atoms with Crippen LogP contribution in [0.1, 0.15) is 17.3 Å². The van der Waals surface area contributed by atoms with E-state index in [4.69, 9.17) is 9.15 Å². The molecule has 0 saturated heterocycles. The monoisotopic (exact) mass is 291 g/mol.